The number of piperidine rings is 1. The van der Waals surface area contributed by atoms with E-state index < -0.39 is 48.5 Å². The van der Waals surface area contributed by atoms with Gasteiger partial charge in [0.1, 0.15) is 6.07 Å². The molecule has 1 aliphatic heterocycles. The van der Waals surface area contributed by atoms with Crippen molar-refractivity contribution >= 4 is 28.5 Å². The number of nitrogens with one attached hydrogen (secondary N) is 1. The zero-order valence-corrected chi connectivity index (χ0v) is 20.7. The first kappa shape index (κ1) is 25.7. The van der Waals surface area contributed by atoms with E-state index in [0.29, 0.717) is 22.3 Å². The molecule has 38 heavy (non-hydrogen) atoms. The Kier molecular flexibility index (Phi) is 6.16. The normalized spacial score (nSPS) is 22.5. The van der Waals surface area contributed by atoms with E-state index in [1.54, 1.807) is 24.3 Å². The SMILES string of the molecule is Cc1cc([C@@H](C)Nc2ccccc2C(=O)O)c2nc(N3CC4CC(F)(F)CC(C3)C4(F)F)c(C#N)nc2c1. The fourth-order valence-corrected chi connectivity index (χ4v) is 5.62. The molecule has 1 aliphatic carbocycles. The minimum atomic E-state index is -3.23. The van der Waals surface area contributed by atoms with Gasteiger partial charge in [-0.15, -0.1) is 0 Å². The molecule has 2 N–H and O–H groups in total. The molecule has 2 aromatic carbocycles. The summed E-state index contributed by atoms with van der Waals surface area (Å²) in [6, 6.07) is 11.6. The van der Waals surface area contributed by atoms with E-state index in [2.05, 4.69) is 10.3 Å². The number of alkyl halides is 4. The van der Waals surface area contributed by atoms with Gasteiger partial charge in [0.15, 0.2) is 11.5 Å². The fraction of sp³-hybridized carbons (Fsp3) is 0.407. The number of halogens is 4. The maximum atomic E-state index is 14.8. The van der Waals surface area contributed by atoms with Crippen LogP contribution in [0.15, 0.2) is 36.4 Å². The summed E-state index contributed by atoms with van der Waals surface area (Å²) in [5.74, 6) is -10.5. The van der Waals surface area contributed by atoms with E-state index in [9.17, 15) is 32.7 Å². The highest BCUT2D eigenvalue weighted by Crippen LogP contribution is 2.52. The maximum absolute atomic E-state index is 14.8. The third-order valence-corrected chi connectivity index (χ3v) is 7.39. The van der Waals surface area contributed by atoms with Crippen molar-refractivity contribution in [1.29, 1.82) is 5.26 Å². The van der Waals surface area contributed by atoms with Crippen LogP contribution in [0.2, 0.25) is 0 Å². The van der Waals surface area contributed by atoms with Gasteiger partial charge in [0.05, 0.1) is 22.6 Å². The van der Waals surface area contributed by atoms with Gasteiger partial charge in [-0.2, -0.15) is 5.26 Å². The van der Waals surface area contributed by atoms with Gasteiger partial charge in [0.25, 0.3) is 5.92 Å². The Balaban J connectivity index is 1.56. The van der Waals surface area contributed by atoms with E-state index in [4.69, 9.17) is 4.98 Å². The summed E-state index contributed by atoms with van der Waals surface area (Å²) in [7, 11) is 0. The van der Waals surface area contributed by atoms with Gasteiger partial charge in [0, 0.05) is 49.0 Å². The number of aromatic nitrogens is 2. The Hall–Kier alpha value is -3.94. The minimum absolute atomic E-state index is 0.0686. The Labute approximate surface area is 216 Å². The summed E-state index contributed by atoms with van der Waals surface area (Å²) in [6.45, 7) is 2.93. The quantitative estimate of drug-likeness (QED) is 0.405. The van der Waals surface area contributed by atoms with Crippen LogP contribution in [-0.4, -0.2) is 46.0 Å². The number of aryl methyl sites for hydroxylation is 1. The first-order valence-corrected chi connectivity index (χ1v) is 12.2. The fourth-order valence-electron chi connectivity index (χ4n) is 5.62. The average molecular weight is 528 g/mol. The molecular formula is C27H25F4N5O2. The molecule has 3 aromatic rings. The highest BCUT2D eigenvalue weighted by Gasteiger charge is 2.61. The zero-order valence-electron chi connectivity index (χ0n) is 20.7. The topological polar surface area (TPSA) is 102 Å². The third kappa shape index (κ3) is 4.48. The van der Waals surface area contributed by atoms with Gasteiger partial charge in [-0.1, -0.05) is 18.2 Å². The van der Waals surface area contributed by atoms with Gasteiger partial charge >= 0.3 is 5.97 Å². The van der Waals surface area contributed by atoms with E-state index in [-0.39, 0.29) is 30.2 Å². The summed E-state index contributed by atoms with van der Waals surface area (Å²) in [6.07, 6.45) is -1.85. The molecule has 0 radical (unpaired) electrons. The van der Waals surface area contributed by atoms with Crippen LogP contribution in [0.3, 0.4) is 0 Å². The van der Waals surface area contributed by atoms with E-state index in [1.165, 1.54) is 11.0 Å². The molecule has 11 heteroatoms. The number of carboxylic acids is 1. The third-order valence-electron chi connectivity index (χ3n) is 7.39. The monoisotopic (exact) mass is 527 g/mol. The second kappa shape index (κ2) is 9.11. The van der Waals surface area contributed by atoms with Crippen molar-refractivity contribution in [2.45, 2.75) is 44.6 Å². The Morgan fingerprint density at radius 1 is 1.16 bits per heavy atom. The van der Waals surface area contributed by atoms with Gasteiger partial charge < -0.3 is 15.3 Å². The summed E-state index contributed by atoms with van der Waals surface area (Å²) in [4.78, 5) is 22.3. The number of nitrogens with zero attached hydrogens (tertiary/aromatic N) is 4. The van der Waals surface area contributed by atoms with Crippen molar-refractivity contribution in [3.63, 3.8) is 0 Å². The summed E-state index contributed by atoms with van der Waals surface area (Å²) < 4.78 is 57.8. The van der Waals surface area contributed by atoms with Crippen LogP contribution in [-0.2, 0) is 0 Å². The molecule has 0 spiro atoms. The van der Waals surface area contributed by atoms with E-state index in [0.717, 1.165) is 5.56 Å². The smallest absolute Gasteiger partial charge is 0.337 e. The number of nitriles is 1. The van der Waals surface area contributed by atoms with Crippen molar-refractivity contribution < 1.29 is 27.5 Å². The molecular weight excluding hydrogens is 502 g/mol. The molecule has 1 aromatic heterocycles. The first-order valence-electron chi connectivity index (χ1n) is 12.2. The van der Waals surface area contributed by atoms with Gasteiger partial charge in [0.2, 0.25) is 5.92 Å². The van der Waals surface area contributed by atoms with Crippen LogP contribution in [0.4, 0.5) is 29.1 Å². The molecule has 2 aliphatic rings. The number of carbonyl (C=O) groups is 1. The van der Waals surface area contributed by atoms with Crippen molar-refractivity contribution in [2.24, 2.45) is 11.8 Å². The molecule has 198 valence electrons. The molecule has 7 nitrogen and oxygen atoms in total. The molecule has 2 heterocycles. The lowest BCUT2D eigenvalue weighted by atomic mass is 9.72. The number of carboxylic acid groups (broad SMARTS) is 1. The van der Waals surface area contributed by atoms with Crippen LogP contribution in [0.5, 0.6) is 0 Å². The molecule has 1 saturated heterocycles. The van der Waals surface area contributed by atoms with Crippen molar-refractivity contribution in [2.75, 3.05) is 23.3 Å². The molecule has 2 fully saturated rings. The number of anilines is 2. The second-order valence-electron chi connectivity index (χ2n) is 10.2. The zero-order chi connectivity index (χ0) is 27.4. The van der Waals surface area contributed by atoms with Gasteiger partial charge in [-0.25, -0.2) is 32.3 Å². The predicted molar refractivity (Wildman–Crippen MR) is 133 cm³/mol. The second-order valence-corrected chi connectivity index (χ2v) is 10.2. The Bertz CT molecular complexity index is 1450. The number of para-hydroxylation sites is 1. The molecule has 2 bridgehead atoms. The largest absolute Gasteiger partial charge is 0.478 e. The molecule has 1 saturated carbocycles. The molecule has 0 amide bonds. The molecule has 2 unspecified atom stereocenters. The number of rotatable bonds is 5. The Morgan fingerprint density at radius 2 is 1.82 bits per heavy atom. The molecule has 5 rings (SSSR count). The van der Waals surface area contributed by atoms with Gasteiger partial charge in [-0.3, -0.25) is 0 Å². The van der Waals surface area contributed by atoms with Gasteiger partial charge in [-0.05, 0) is 37.6 Å². The lowest BCUT2D eigenvalue weighted by molar-refractivity contribution is -0.204. The minimum Gasteiger partial charge on any atom is -0.478 e. The van der Waals surface area contributed by atoms with Crippen molar-refractivity contribution in [3.05, 3.63) is 58.8 Å². The van der Waals surface area contributed by atoms with Crippen LogP contribution >= 0.6 is 0 Å². The summed E-state index contributed by atoms with van der Waals surface area (Å²) >= 11 is 0. The van der Waals surface area contributed by atoms with Crippen molar-refractivity contribution in [1.82, 2.24) is 9.97 Å². The summed E-state index contributed by atoms with van der Waals surface area (Å²) in [5, 5.41) is 22.5. The van der Waals surface area contributed by atoms with Crippen LogP contribution in [0.1, 0.15) is 53.0 Å². The number of fused-ring (bicyclic) bond motifs is 3. The lowest BCUT2D eigenvalue weighted by Crippen LogP contribution is -2.60. The highest BCUT2D eigenvalue weighted by atomic mass is 19.3. The van der Waals surface area contributed by atoms with Crippen LogP contribution < -0.4 is 10.2 Å². The summed E-state index contributed by atoms with van der Waals surface area (Å²) in [5.41, 5.74) is 2.73. The van der Waals surface area contributed by atoms with E-state index in [1.807, 2.05) is 26.0 Å². The lowest BCUT2D eigenvalue weighted by Gasteiger charge is -2.49. The average Bonchev–Trinajstić information content (AvgIpc) is 2.83. The van der Waals surface area contributed by atoms with Crippen LogP contribution in [0.25, 0.3) is 11.0 Å². The molecule has 3 atom stereocenters. The Morgan fingerprint density at radius 3 is 2.45 bits per heavy atom. The van der Waals surface area contributed by atoms with Crippen molar-refractivity contribution in [3.8, 4) is 6.07 Å². The predicted octanol–water partition coefficient (Wildman–Crippen LogP) is 5.80. The number of benzene rings is 2. The van der Waals surface area contributed by atoms with Crippen LogP contribution in [0, 0.1) is 30.1 Å². The standard InChI is InChI=1S/C27H25F4N5O2/c1-14-7-19(15(2)33-20-6-4-3-5-18(20)25(37)38)23-21(8-14)34-22(11-32)24(35-23)36-12-16-9-26(28,29)10-17(13-36)27(16,30)31/h3-8,15-17,33H,9-10,12-13H2,1-2H3,(H,37,38)/t15-,16?,17?/m1/s1. The number of aromatic carboxylic acids is 1. The van der Waals surface area contributed by atoms with E-state index >= 15 is 0 Å². The first-order chi connectivity index (χ1) is 17.9. The highest BCUT2D eigenvalue weighted by molar-refractivity contribution is 5.94. The number of hydrogen-bond donors (Lipinski definition) is 2. The number of hydrogen-bond acceptors (Lipinski definition) is 6. The maximum Gasteiger partial charge on any atom is 0.337 e.